The smallest absolute Gasteiger partial charge is 0.308 e. The Morgan fingerprint density at radius 1 is 1.36 bits per heavy atom. The van der Waals surface area contributed by atoms with Gasteiger partial charge < -0.3 is 9.15 Å². The van der Waals surface area contributed by atoms with Crippen LogP contribution in [0.3, 0.4) is 0 Å². The van der Waals surface area contributed by atoms with E-state index in [9.17, 15) is 4.79 Å². The zero-order valence-electron chi connectivity index (χ0n) is 8.03. The fourth-order valence-electron chi connectivity index (χ4n) is 1.41. The molecule has 72 valence electrons. The third kappa shape index (κ3) is 1.37. The van der Waals surface area contributed by atoms with E-state index in [1.54, 1.807) is 12.3 Å². The summed E-state index contributed by atoms with van der Waals surface area (Å²) in [7, 11) is 0. The van der Waals surface area contributed by atoms with E-state index in [0.717, 1.165) is 16.5 Å². The highest BCUT2D eigenvalue weighted by Crippen LogP contribution is 2.30. The van der Waals surface area contributed by atoms with Gasteiger partial charge in [-0.05, 0) is 24.6 Å². The molecule has 0 saturated heterocycles. The number of hydrogen-bond donors (Lipinski definition) is 0. The topological polar surface area (TPSA) is 39.4 Å². The van der Waals surface area contributed by atoms with Crippen LogP contribution in [0.1, 0.15) is 12.5 Å². The second-order valence-corrected chi connectivity index (χ2v) is 3.14. The molecule has 0 radical (unpaired) electrons. The van der Waals surface area contributed by atoms with Crippen LogP contribution in [0.15, 0.2) is 28.9 Å². The quantitative estimate of drug-likeness (QED) is 0.512. The summed E-state index contributed by atoms with van der Waals surface area (Å²) >= 11 is 0. The van der Waals surface area contributed by atoms with Gasteiger partial charge >= 0.3 is 5.97 Å². The van der Waals surface area contributed by atoms with E-state index >= 15 is 0 Å². The molecule has 0 N–H and O–H groups in total. The molecule has 1 aromatic heterocycles. The molecule has 3 nitrogen and oxygen atoms in total. The van der Waals surface area contributed by atoms with Crippen molar-refractivity contribution in [3.8, 4) is 5.75 Å². The maximum atomic E-state index is 10.9. The number of hydrogen-bond acceptors (Lipinski definition) is 3. The molecule has 0 saturated carbocycles. The van der Waals surface area contributed by atoms with Crippen molar-refractivity contribution in [2.24, 2.45) is 0 Å². The maximum absolute atomic E-state index is 10.9. The van der Waals surface area contributed by atoms with Crippen LogP contribution >= 0.6 is 0 Å². The zero-order chi connectivity index (χ0) is 10.1. The van der Waals surface area contributed by atoms with Gasteiger partial charge in [0.15, 0.2) is 0 Å². The normalized spacial score (nSPS) is 10.4. The van der Waals surface area contributed by atoms with Crippen molar-refractivity contribution in [2.45, 2.75) is 13.8 Å². The Labute approximate surface area is 81.3 Å². The molecule has 0 atom stereocenters. The minimum atomic E-state index is -0.318. The summed E-state index contributed by atoms with van der Waals surface area (Å²) in [5, 5.41) is 0.834. The first-order valence-electron chi connectivity index (χ1n) is 4.33. The summed E-state index contributed by atoms with van der Waals surface area (Å²) < 4.78 is 10.3. The molecule has 2 aromatic rings. The third-order valence-electron chi connectivity index (χ3n) is 2.03. The molecule has 0 amide bonds. The van der Waals surface area contributed by atoms with E-state index in [4.69, 9.17) is 9.15 Å². The molecule has 0 bridgehead atoms. The highest BCUT2D eigenvalue weighted by Gasteiger charge is 2.09. The summed E-state index contributed by atoms with van der Waals surface area (Å²) in [5.41, 5.74) is 1.65. The molecule has 0 unspecified atom stereocenters. The van der Waals surface area contributed by atoms with Crippen LogP contribution in [0.2, 0.25) is 0 Å². The van der Waals surface area contributed by atoms with Crippen molar-refractivity contribution in [1.82, 2.24) is 0 Å². The fourth-order valence-corrected chi connectivity index (χ4v) is 1.41. The average molecular weight is 190 g/mol. The van der Waals surface area contributed by atoms with E-state index in [1.165, 1.54) is 6.92 Å². The second-order valence-electron chi connectivity index (χ2n) is 3.14. The highest BCUT2D eigenvalue weighted by atomic mass is 16.5. The number of esters is 1. The molecule has 2 rings (SSSR count). The monoisotopic (exact) mass is 190 g/mol. The number of carbonyl (C=O) groups is 1. The predicted octanol–water partition coefficient (Wildman–Crippen LogP) is 2.67. The van der Waals surface area contributed by atoms with Gasteiger partial charge in [-0.3, -0.25) is 4.79 Å². The van der Waals surface area contributed by atoms with Crippen LogP contribution in [0.5, 0.6) is 5.75 Å². The lowest BCUT2D eigenvalue weighted by molar-refractivity contribution is -0.131. The lowest BCUT2D eigenvalue weighted by Crippen LogP contribution is -2.02. The van der Waals surface area contributed by atoms with Gasteiger partial charge in [0.25, 0.3) is 0 Å². The maximum Gasteiger partial charge on any atom is 0.308 e. The van der Waals surface area contributed by atoms with Gasteiger partial charge in [-0.1, -0.05) is 6.07 Å². The first kappa shape index (κ1) is 8.81. The molecule has 0 aliphatic carbocycles. The Bertz CT molecular complexity index is 482. The molecule has 1 heterocycles. The number of fused-ring (bicyclic) bond motifs is 1. The van der Waals surface area contributed by atoms with E-state index in [2.05, 4.69) is 0 Å². The van der Waals surface area contributed by atoms with E-state index in [0.29, 0.717) is 5.75 Å². The van der Waals surface area contributed by atoms with Crippen molar-refractivity contribution in [1.29, 1.82) is 0 Å². The van der Waals surface area contributed by atoms with Crippen LogP contribution in [0, 0.1) is 6.92 Å². The first-order valence-corrected chi connectivity index (χ1v) is 4.33. The van der Waals surface area contributed by atoms with Crippen molar-refractivity contribution in [3.63, 3.8) is 0 Å². The molecule has 0 fully saturated rings. The summed E-state index contributed by atoms with van der Waals surface area (Å²) in [6.45, 7) is 3.28. The molecule has 0 aliphatic rings. The van der Waals surface area contributed by atoms with Crippen LogP contribution < -0.4 is 4.74 Å². The highest BCUT2D eigenvalue weighted by molar-refractivity contribution is 5.88. The number of benzene rings is 1. The van der Waals surface area contributed by atoms with Crippen molar-refractivity contribution in [2.75, 3.05) is 0 Å². The molecule has 0 aliphatic heterocycles. The van der Waals surface area contributed by atoms with Crippen molar-refractivity contribution >= 4 is 16.9 Å². The summed E-state index contributed by atoms with van der Waals surface area (Å²) in [5.74, 6) is 0.269. The molecule has 3 heteroatoms. The number of ether oxygens (including phenoxy) is 1. The Morgan fingerprint density at radius 3 is 2.86 bits per heavy atom. The third-order valence-corrected chi connectivity index (χ3v) is 2.03. The molecular formula is C11H10O3. The van der Waals surface area contributed by atoms with Crippen LogP contribution in [0.25, 0.3) is 11.0 Å². The minimum Gasteiger partial charge on any atom is -0.464 e. The predicted molar refractivity (Wildman–Crippen MR) is 52.3 cm³/mol. The van der Waals surface area contributed by atoms with Gasteiger partial charge in [0.05, 0.1) is 11.6 Å². The number of furan rings is 1. The number of rotatable bonds is 1. The minimum absolute atomic E-state index is 0.318. The van der Waals surface area contributed by atoms with Crippen LogP contribution in [0.4, 0.5) is 0 Å². The lowest BCUT2D eigenvalue weighted by Gasteiger charge is -2.05. The first-order chi connectivity index (χ1) is 6.68. The van der Waals surface area contributed by atoms with Gasteiger partial charge in [0.1, 0.15) is 11.3 Å². The standard InChI is InChI=1S/C11H10O3/c1-7-3-4-10-9(5-6-13-10)11(7)14-8(2)12/h3-6H,1-2H3. The SMILES string of the molecule is CC(=O)Oc1c(C)ccc2occc12. The van der Waals surface area contributed by atoms with Gasteiger partial charge in [0.2, 0.25) is 0 Å². The Balaban J connectivity index is 2.64. The molecule has 0 spiro atoms. The average Bonchev–Trinajstić information content (AvgIpc) is 2.57. The molecule has 1 aromatic carbocycles. The van der Waals surface area contributed by atoms with Gasteiger partial charge in [-0.15, -0.1) is 0 Å². The van der Waals surface area contributed by atoms with Crippen molar-refractivity contribution in [3.05, 3.63) is 30.0 Å². The van der Waals surface area contributed by atoms with E-state index in [1.807, 2.05) is 19.1 Å². The Morgan fingerprint density at radius 2 is 2.14 bits per heavy atom. The molecule has 14 heavy (non-hydrogen) atoms. The summed E-state index contributed by atoms with van der Waals surface area (Å²) in [4.78, 5) is 10.9. The van der Waals surface area contributed by atoms with Gasteiger partial charge in [-0.2, -0.15) is 0 Å². The molecular weight excluding hydrogens is 180 g/mol. The van der Waals surface area contributed by atoms with Gasteiger partial charge in [0, 0.05) is 6.92 Å². The second kappa shape index (κ2) is 3.18. The Kier molecular flexibility index (Phi) is 2.00. The van der Waals surface area contributed by atoms with Gasteiger partial charge in [-0.25, -0.2) is 0 Å². The fraction of sp³-hybridized carbons (Fsp3) is 0.182. The number of aryl methyl sites for hydroxylation is 1. The van der Waals surface area contributed by atoms with Crippen molar-refractivity contribution < 1.29 is 13.9 Å². The largest absolute Gasteiger partial charge is 0.464 e. The van der Waals surface area contributed by atoms with Crippen LogP contribution in [-0.4, -0.2) is 5.97 Å². The zero-order valence-corrected chi connectivity index (χ0v) is 8.03. The van der Waals surface area contributed by atoms with E-state index < -0.39 is 0 Å². The number of carbonyl (C=O) groups excluding carboxylic acids is 1. The lowest BCUT2D eigenvalue weighted by atomic mass is 10.1. The summed E-state index contributed by atoms with van der Waals surface area (Å²) in [6.07, 6.45) is 1.58. The Hall–Kier alpha value is -1.77. The van der Waals surface area contributed by atoms with Crippen LogP contribution in [-0.2, 0) is 4.79 Å². The summed E-state index contributed by atoms with van der Waals surface area (Å²) in [6, 6.07) is 5.52. The van der Waals surface area contributed by atoms with E-state index in [-0.39, 0.29) is 5.97 Å².